The summed E-state index contributed by atoms with van der Waals surface area (Å²) in [5, 5.41) is -0.120. The molecule has 56 valence electrons. The fraction of sp³-hybridized carbons (Fsp3) is 0.875. The van der Waals surface area contributed by atoms with Crippen LogP contribution in [0.15, 0.2) is 0 Å². The van der Waals surface area contributed by atoms with E-state index in [-0.39, 0.29) is 5.38 Å². The number of fused-ring (bicyclic) bond motifs is 1. The Morgan fingerprint density at radius 2 is 2.00 bits per heavy atom. The van der Waals surface area contributed by atoms with E-state index in [4.69, 9.17) is 11.6 Å². The number of carbonyl (C=O) groups is 1. The summed E-state index contributed by atoms with van der Waals surface area (Å²) < 4.78 is 0. The first-order valence-electron chi connectivity index (χ1n) is 3.98. The Balaban J connectivity index is 2.06. The maximum Gasteiger partial charge on any atom is 0.154 e. The quantitative estimate of drug-likeness (QED) is 0.493. The van der Waals surface area contributed by atoms with E-state index >= 15 is 0 Å². The van der Waals surface area contributed by atoms with Gasteiger partial charge in [0.1, 0.15) is 0 Å². The lowest BCUT2D eigenvalue weighted by Gasteiger charge is -2.42. The van der Waals surface area contributed by atoms with Crippen molar-refractivity contribution in [3.05, 3.63) is 0 Å². The van der Waals surface area contributed by atoms with Crippen LogP contribution in [0.1, 0.15) is 25.7 Å². The molecule has 0 aliphatic heterocycles. The van der Waals surface area contributed by atoms with Crippen LogP contribution in [0.2, 0.25) is 0 Å². The van der Waals surface area contributed by atoms with Crippen molar-refractivity contribution in [2.45, 2.75) is 31.1 Å². The van der Waals surface area contributed by atoms with Crippen molar-refractivity contribution in [1.29, 1.82) is 0 Å². The summed E-state index contributed by atoms with van der Waals surface area (Å²) in [4.78, 5) is 11.1. The van der Waals surface area contributed by atoms with E-state index in [1.165, 1.54) is 19.3 Å². The van der Waals surface area contributed by atoms with Crippen molar-refractivity contribution in [1.82, 2.24) is 0 Å². The molecule has 1 unspecified atom stereocenters. The molecule has 0 radical (unpaired) electrons. The molecule has 0 aromatic rings. The molecule has 3 atom stereocenters. The van der Waals surface area contributed by atoms with Gasteiger partial charge in [0.05, 0.1) is 5.38 Å². The summed E-state index contributed by atoms with van der Waals surface area (Å²) in [5.41, 5.74) is 0. The predicted molar refractivity (Wildman–Crippen MR) is 40.1 cm³/mol. The summed E-state index contributed by atoms with van der Waals surface area (Å²) in [6.07, 6.45) is 4.80. The van der Waals surface area contributed by atoms with Gasteiger partial charge in [-0.25, -0.2) is 0 Å². The van der Waals surface area contributed by atoms with Crippen molar-refractivity contribution in [2.75, 3.05) is 0 Å². The SMILES string of the molecule is O=C1C(Cl)[C@@H]2CCCC[C@H]12. The maximum absolute atomic E-state index is 11.1. The minimum Gasteiger partial charge on any atom is -0.298 e. The van der Waals surface area contributed by atoms with Gasteiger partial charge in [0.2, 0.25) is 0 Å². The Morgan fingerprint density at radius 3 is 2.70 bits per heavy atom. The van der Waals surface area contributed by atoms with Gasteiger partial charge >= 0.3 is 0 Å². The van der Waals surface area contributed by atoms with Crippen molar-refractivity contribution < 1.29 is 4.79 Å². The van der Waals surface area contributed by atoms with Crippen LogP contribution < -0.4 is 0 Å². The second kappa shape index (κ2) is 2.23. The van der Waals surface area contributed by atoms with E-state index in [0.29, 0.717) is 17.6 Å². The van der Waals surface area contributed by atoms with E-state index in [2.05, 4.69) is 0 Å². The first-order valence-corrected chi connectivity index (χ1v) is 4.42. The number of ketones is 1. The van der Waals surface area contributed by atoms with Gasteiger partial charge < -0.3 is 0 Å². The van der Waals surface area contributed by atoms with Gasteiger partial charge in [-0.15, -0.1) is 11.6 Å². The molecular weight excluding hydrogens is 148 g/mol. The maximum atomic E-state index is 11.1. The minimum absolute atomic E-state index is 0.120. The van der Waals surface area contributed by atoms with Gasteiger partial charge in [-0.3, -0.25) is 4.79 Å². The highest BCUT2D eigenvalue weighted by Crippen LogP contribution is 2.44. The third kappa shape index (κ3) is 0.731. The van der Waals surface area contributed by atoms with Crippen molar-refractivity contribution in [3.63, 3.8) is 0 Å². The molecule has 0 heterocycles. The fourth-order valence-corrected chi connectivity index (χ4v) is 2.62. The molecule has 0 spiro atoms. The van der Waals surface area contributed by atoms with Crippen LogP contribution in [-0.4, -0.2) is 11.2 Å². The Labute approximate surface area is 65.7 Å². The van der Waals surface area contributed by atoms with Gasteiger partial charge in [0.25, 0.3) is 0 Å². The third-order valence-electron chi connectivity index (χ3n) is 2.83. The normalized spacial score (nSPS) is 46.1. The molecule has 2 saturated carbocycles. The van der Waals surface area contributed by atoms with Gasteiger partial charge in [0, 0.05) is 5.92 Å². The average Bonchev–Trinajstić information content (AvgIpc) is 2.03. The zero-order chi connectivity index (χ0) is 7.14. The standard InChI is InChI=1S/C8H11ClO/c9-7-5-3-1-2-4-6(5)8(7)10/h5-7H,1-4H2/t5-,6+,7?/m1/s1. The highest BCUT2D eigenvalue weighted by Gasteiger charge is 2.48. The van der Waals surface area contributed by atoms with Crippen molar-refractivity contribution in [3.8, 4) is 0 Å². The number of Topliss-reactive ketones (excluding diaryl/α,β-unsaturated/α-hetero) is 1. The van der Waals surface area contributed by atoms with Crippen LogP contribution >= 0.6 is 11.6 Å². The van der Waals surface area contributed by atoms with E-state index in [9.17, 15) is 4.79 Å². The number of halogens is 1. The number of rotatable bonds is 0. The van der Waals surface area contributed by atoms with Crippen LogP contribution in [0.3, 0.4) is 0 Å². The van der Waals surface area contributed by atoms with E-state index in [1.807, 2.05) is 0 Å². The number of alkyl halides is 1. The lowest BCUT2D eigenvalue weighted by atomic mass is 9.64. The summed E-state index contributed by atoms with van der Waals surface area (Å²) in [7, 11) is 0. The molecule has 2 fully saturated rings. The van der Waals surface area contributed by atoms with Gasteiger partial charge in [0.15, 0.2) is 5.78 Å². The molecular formula is C8H11ClO. The highest BCUT2D eigenvalue weighted by atomic mass is 35.5. The lowest BCUT2D eigenvalue weighted by molar-refractivity contribution is -0.135. The predicted octanol–water partition coefficient (Wildman–Crippen LogP) is 1.98. The minimum atomic E-state index is -0.120. The molecule has 2 rings (SSSR count). The van der Waals surface area contributed by atoms with E-state index in [1.54, 1.807) is 0 Å². The first-order chi connectivity index (χ1) is 4.80. The van der Waals surface area contributed by atoms with Gasteiger partial charge in [-0.1, -0.05) is 12.8 Å². The number of hydrogen-bond donors (Lipinski definition) is 0. The smallest absolute Gasteiger partial charge is 0.154 e. The summed E-state index contributed by atoms with van der Waals surface area (Å²) in [6, 6.07) is 0. The average molecular weight is 159 g/mol. The second-order valence-electron chi connectivity index (χ2n) is 3.36. The van der Waals surface area contributed by atoms with E-state index in [0.717, 1.165) is 6.42 Å². The Kier molecular flexibility index (Phi) is 1.48. The molecule has 2 aliphatic rings. The van der Waals surface area contributed by atoms with Crippen LogP contribution in [0, 0.1) is 11.8 Å². The molecule has 0 amide bonds. The zero-order valence-electron chi connectivity index (χ0n) is 5.85. The van der Waals surface area contributed by atoms with Crippen LogP contribution in [0.4, 0.5) is 0 Å². The highest BCUT2D eigenvalue weighted by molar-refractivity contribution is 6.34. The summed E-state index contributed by atoms with van der Waals surface area (Å²) in [6.45, 7) is 0. The van der Waals surface area contributed by atoms with Crippen LogP contribution in [-0.2, 0) is 4.79 Å². The Bertz CT molecular complexity index is 167. The summed E-state index contributed by atoms with van der Waals surface area (Å²) >= 11 is 5.82. The molecule has 0 aromatic heterocycles. The van der Waals surface area contributed by atoms with Crippen molar-refractivity contribution >= 4 is 17.4 Å². The molecule has 0 N–H and O–H groups in total. The monoisotopic (exact) mass is 158 g/mol. The first kappa shape index (κ1) is 6.66. The topological polar surface area (TPSA) is 17.1 Å². The molecule has 10 heavy (non-hydrogen) atoms. The Morgan fingerprint density at radius 1 is 1.30 bits per heavy atom. The Hall–Kier alpha value is -0.0400. The second-order valence-corrected chi connectivity index (χ2v) is 3.83. The van der Waals surface area contributed by atoms with Crippen LogP contribution in [0.5, 0.6) is 0 Å². The van der Waals surface area contributed by atoms with Crippen molar-refractivity contribution in [2.24, 2.45) is 11.8 Å². The van der Waals surface area contributed by atoms with Gasteiger partial charge in [-0.05, 0) is 18.8 Å². The number of hydrogen-bond acceptors (Lipinski definition) is 1. The molecule has 1 nitrogen and oxygen atoms in total. The summed E-state index contributed by atoms with van der Waals surface area (Å²) in [5.74, 6) is 1.21. The molecule has 2 heteroatoms. The molecule has 0 saturated heterocycles. The van der Waals surface area contributed by atoms with Crippen LogP contribution in [0.25, 0.3) is 0 Å². The number of carbonyl (C=O) groups excluding carboxylic acids is 1. The fourth-order valence-electron chi connectivity index (χ4n) is 2.16. The lowest BCUT2D eigenvalue weighted by Crippen LogP contribution is -2.50. The zero-order valence-corrected chi connectivity index (χ0v) is 6.60. The van der Waals surface area contributed by atoms with E-state index < -0.39 is 0 Å². The third-order valence-corrected chi connectivity index (χ3v) is 3.37. The molecule has 2 aliphatic carbocycles. The molecule has 0 aromatic carbocycles. The molecule has 0 bridgehead atoms. The van der Waals surface area contributed by atoms with Gasteiger partial charge in [-0.2, -0.15) is 0 Å². The largest absolute Gasteiger partial charge is 0.298 e.